The normalized spacial score (nSPS) is 11.5. The monoisotopic (exact) mass is 371 g/mol. The average molecular weight is 371 g/mol. The summed E-state index contributed by atoms with van der Waals surface area (Å²) in [6.45, 7) is 4.31. The van der Waals surface area contributed by atoms with E-state index in [0.717, 1.165) is 16.9 Å². The van der Waals surface area contributed by atoms with E-state index in [1.165, 1.54) is 0 Å². The fourth-order valence-corrected chi connectivity index (χ4v) is 3.85. The van der Waals surface area contributed by atoms with Gasteiger partial charge in [-0.1, -0.05) is 12.1 Å². The summed E-state index contributed by atoms with van der Waals surface area (Å²) >= 11 is 0. The third-order valence-corrected chi connectivity index (χ3v) is 5.48. The first-order chi connectivity index (χ1) is 12.5. The second-order valence-electron chi connectivity index (χ2n) is 5.96. The number of hydrogen-bond acceptors (Lipinski definition) is 5. The van der Waals surface area contributed by atoms with Gasteiger partial charge in [0, 0.05) is 25.5 Å². The summed E-state index contributed by atoms with van der Waals surface area (Å²) < 4.78 is 29.3. The first kappa shape index (κ1) is 18.1. The van der Waals surface area contributed by atoms with Crippen LogP contribution in [0.1, 0.15) is 11.1 Å². The molecule has 0 saturated heterocycles. The molecule has 0 aliphatic rings. The molecule has 2 aromatic heterocycles. The third kappa shape index (κ3) is 4.27. The van der Waals surface area contributed by atoms with E-state index in [2.05, 4.69) is 20.2 Å². The van der Waals surface area contributed by atoms with Gasteiger partial charge in [0.25, 0.3) is 0 Å². The first-order valence-electron chi connectivity index (χ1n) is 8.23. The molecule has 0 amide bonds. The van der Waals surface area contributed by atoms with Crippen LogP contribution >= 0.6 is 0 Å². The first-order valence-corrected chi connectivity index (χ1v) is 9.72. The Bertz CT molecular complexity index is 967. The van der Waals surface area contributed by atoms with E-state index in [1.807, 2.05) is 60.3 Å². The molecule has 2 heterocycles. The molecular weight excluding hydrogens is 350 g/mol. The van der Waals surface area contributed by atoms with Gasteiger partial charge in [-0.05, 0) is 55.3 Å². The number of sulfonamides is 1. The lowest BCUT2D eigenvalue weighted by Crippen LogP contribution is -2.29. The summed E-state index contributed by atoms with van der Waals surface area (Å²) in [6.07, 6.45) is 3.78. The molecule has 0 radical (unpaired) electrons. The highest BCUT2D eigenvalue weighted by Gasteiger charge is 2.16. The Balaban J connectivity index is 1.54. The Morgan fingerprint density at radius 2 is 1.77 bits per heavy atom. The maximum Gasteiger partial charge on any atom is 0.240 e. The van der Waals surface area contributed by atoms with E-state index in [9.17, 15) is 8.42 Å². The van der Waals surface area contributed by atoms with E-state index in [-0.39, 0.29) is 6.54 Å². The van der Waals surface area contributed by atoms with Gasteiger partial charge in [-0.2, -0.15) is 0 Å². The number of anilines is 1. The molecule has 0 bridgehead atoms. The van der Waals surface area contributed by atoms with E-state index in [4.69, 9.17) is 0 Å². The summed E-state index contributed by atoms with van der Waals surface area (Å²) in [7, 11) is -3.53. The Labute approximate surface area is 153 Å². The standard InChI is InChI=1S/C18H21N5O2S/c1-14-5-6-15(2)16(13-14)26(24,25)20-10-9-19-17-7-8-18(22-21-17)23-11-3-4-12-23/h3-8,11-13,20H,9-10H2,1-2H3,(H,19,21). The molecule has 3 rings (SSSR count). The Morgan fingerprint density at radius 3 is 2.46 bits per heavy atom. The van der Waals surface area contributed by atoms with Crippen molar-refractivity contribution in [3.8, 4) is 5.82 Å². The summed E-state index contributed by atoms with van der Waals surface area (Å²) in [6, 6.07) is 12.9. The van der Waals surface area contributed by atoms with Gasteiger partial charge >= 0.3 is 0 Å². The van der Waals surface area contributed by atoms with Crippen molar-refractivity contribution < 1.29 is 8.42 Å². The minimum atomic E-state index is -3.53. The molecule has 26 heavy (non-hydrogen) atoms. The lowest BCUT2D eigenvalue weighted by Gasteiger charge is -2.11. The Hall–Kier alpha value is -2.71. The second kappa shape index (κ2) is 7.67. The zero-order valence-corrected chi connectivity index (χ0v) is 15.5. The molecule has 0 atom stereocenters. The van der Waals surface area contributed by atoms with Crippen LogP contribution in [-0.2, 0) is 10.0 Å². The molecule has 0 saturated carbocycles. The maximum atomic E-state index is 12.4. The van der Waals surface area contributed by atoms with Crippen molar-refractivity contribution in [2.45, 2.75) is 18.7 Å². The summed E-state index contributed by atoms with van der Waals surface area (Å²) in [5.74, 6) is 1.31. The van der Waals surface area contributed by atoms with E-state index in [1.54, 1.807) is 13.0 Å². The van der Waals surface area contributed by atoms with E-state index in [0.29, 0.717) is 17.3 Å². The van der Waals surface area contributed by atoms with Crippen LogP contribution in [0.25, 0.3) is 5.82 Å². The Kier molecular flexibility index (Phi) is 5.34. The molecule has 8 heteroatoms. The van der Waals surface area contributed by atoms with Crippen molar-refractivity contribution in [2.24, 2.45) is 0 Å². The zero-order chi connectivity index (χ0) is 18.6. The fourth-order valence-electron chi connectivity index (χ4n) is 2.50. The molecule has 0 fully saturated rings. The van der Waals surface area contributed by atoms with E-state index < -0.39 is 10.0 Å². The van der Waals surface area contributed by atoms with Gasteiger partial charge in [0.2, 0.25) is 10.0 Å². The van der Waals surface area contributed by atoms with Crippen LogP contribution < -0.4 is 10.0 Å². The average Bonchev–Trinajstić information content (AvgIpc) is 3.16. The minimum absolute atomic E-state index is 0.247. The number of aromatic nitrogens is 3. The molecule has 2 N–H and O–H groups in total. The predicted octanol–water partition coefficient (Wildman–Crippen LogP) is 2.27. The molecule has 3 aromatic rings. The number of hydrogen-bond donors (Lipinski definition) is 2. The van der Waals surface area contributed by atoms with Gasteiger partial charge in [-0.3, -0.25) is 0 Å². The van der Waals surface area contributed by atoms with Crippen molar-refractivity contribution >= 4 is 15.8 Å². The highest BCUT2D eigenvalue weighted by molar-refractivity contribution is 7.89. The third-order valence-electron chi connectivity index (χ3n) is 3.88. The van der Waals surface area contributed by atoms with Crippen LogP contribution in [0.4, 0.5) is 5.82 Å². The number of nitrogens with one attached hydrogen (secondary N) is 2. The van der Waals surface area contributed by atoms with Crippen LogP contribution in [0.5, 0.6) is 0 Å². The quantitative estimate of drug-likeness (QED) is 0.622. The predicted molar refractivity (Wildman–Crippen MR) is 101 cm³/mol. The van der Waals surface area contributed by atoms with Gasteiger partial charge in [-0.15, -0.1) is 10.2 Å². The molecule has 1 aromatic carbocycles. The van der Waals surface area contributed by atoms with Gasteiger partial charge < -0.3 is 9.88 Å². The highest BCUT2D eigenvalue weighted by Crippen LogP contribution is 2.16. The molecule has 0 spiro atoms. The lowest BCUT2D eigenvalue weighted by atomic mass is 10.2. The van der Waals surface area contributed by atoms with E-state index >= 15 is 0 Å². The van der Waals surface area contributed by atoms with Gasteiger partial charge in [-0.25, -0.2) is 13.1 Å². The number of rotatable bonds is 7. The lowest BCUT2D eigenvalue weighted by molar-refractivity contribution is 0.582. The van der Waals surface area contributed by atoms with Crippen molar-refractivity contribution in [3.63, 3.8) is 0 Å². The maximum absolute atomic E-state index is 12.4. The molecule has 7 nitrogen and oxygen atoms in total. The summed E-state index contributed by atoms with van der Waals surface area (Å²) in [5.41, 5.74) is 1.63. The smallest absolute Gasteiger partial charge is 0.240 e. The minimum Gasteiger partial charge on any atom is -0.367 e. The highest BCUT2D eigenvalue weighted by atomic mass is 32.2. The molecule has 0 unspecified atom stereocenters. The van der Waals surface area contributed by atoms with Crippen LogP contribution in [0.15, 0.2) is 59.8 Å². The topological polar surface area (TPSA) is 88.9 Å². The summed E-state index contributed by atoms with van der Waals surface area (Å²) in [5, 5.41) is 11.3. The van der Waals surface area contributed by atoms with Crippen molar-refractivity contribution in [3.05, 3.63) is 66.0 Å². The molecule has 136 valence electrons. The van der Waals surface area contributed by atoms with Crippen LogP contribution in [0, 0.1) is 13.8 Å². The van der Waals surface area contributed by atoms with Gasteiger partial charge in [0.1, 0.15) is 5.82 Å². The van der Waals surface area contributed by atoms with Crippen LogP contribution in [-0.4, -0.2) is 36.3 Å². The number of aryl methyl sites for hydroxylation is 2. The number of nitrogens with zero attached hydrogens (tertiary/aromatic N) is 3. The van der Waals surface area contributed by atoms with Gasteiger partial charge in [0.15, 0.2) is 5.82 Å². The van der Waals surface area contributed by atoms with Crippen LogP contribution in [0.2, 0.25) is 0 Å². The van der Waals surface area contributed by atoms with Gasteiger partial charge in [0.05, 0.1) is 4.90 Å². The second-order valence-corrected chi connectivity index (χ2v) is 7.70. The fraction of sp³-hybridized carbons (Fsp3) is 0.222. The van der Waals surface area contributed by atoms with Crippen molar-refractivity contribution in [1.29, 1.82) is 0 Å². The summed E-state index contributed by atoms with van der Waals surface area (Å²) in [4.78, 5) is 0.313. The molecular formula is C18H21N5O2S. The molecule has 0 aliphatic heterocycles. The number of benzene rings is 1. The van der Waals surface area contributed by atoms with Crippen molar-refractivity contribution in [2.75, 3.05) is 18.4 Å². The van der Waals surface area contributed by atoms with Crippen molar-refractivity contribution in [1.82, 2.24) is 19.5 Å². The largest absolute Gasteiger partial charge is 0.367 e. The van der Waals surface area contributed by atoms with Crippen LogP contribution in [0.3, 0.4) is 0 Å². The zero-order valence-electron chi connectivity index (χ0n) is 14.7. The molecule has 0 aliphatic carbocycles. The Morgan fingerprint density at radius 1 is 1.00 bits per heavy atom. The SMILES string of the molecule is Cc1ccc(C)c(S(=O)(=O)NCCNc2ccc(-n3cccc3)nn2)c1.